The molecule has 0 radical (unpaired) electrons. The van der Waals surface area contributed by atoms with Gasteiger partial charge < -0.3 is 10.2 Å². The van der Waals surface area contributed by atoms with E-state index in [1.54, 1.807) is 0 Å². The summed E-state index contributed by atoms with van der Waals surface area (Å²) < 4.78 is 0. The van der Waals surface area contributed by atoms with Gasteiger partial charge >= 0.3 is 0 Å². The Morgan fingerprint density at radius 3 is 2.50 bits per heavy atom. The maximum Gasteiger partial charge on any atom is 0.0947 e. The van der Waals surface area contributed by atoms with E-state index < -0.39 is 8.41 Å². The summed E-state index contributed by atoms with van der Waals surface area (Å²) in [6, 6.07) is 0. The van der Waals surface area contributed by atoms with Crippen LogP contribution in [0.15, 0.2) is 0 Å². The van der Waals surface area contributed by atoms with Crippen LogP contribution < -0.4 is 0 Å². The molecular weight excluding hydrogens is 212 g/mol. The first-order chi connectivity index (χ1) is 6.63. The molecule has 0 rings (SSSR count). The van der Waals surface area contributed by atoms with E-state index in [0.717, 1.165) is 6.42 Å². The molecule has 0 bridgehead atoms. The largest absolute Gasteiger partial charge is 0.516 e. The minimum absolute atomic E-state index is 0.198. The summed E-state index contributed by atoms with van der Waals surface area (Å²) in [5, 5.41) is 18.4. The van der Waals surface area contributed by atoms with Gasteiger partial charge in [0, 0.05) is 4.87 Å². The van der Waals surface area contributed by atoms with Crippen molar-refractivity contribution in [2.45, 2.75) is 50.4 Å². The van der Waals surface area contributed by atoms with E-state index in [9.17, 15) is 5.11 Å². The van der Waals surface area contributed by atoms with E-state index in [2.05, 4.69) is 19.6 Å². The molecule has 2 N–H and O–H groups in total. The Balaban J connectivity index is 3.78. The molecule has 2 nitrogen and oxygen atoms in total. The van der Waals surface area contributed by atoms with Crippen molar-refractivity contribution in [3.05, 3.63) is 0 Å². The van der Waals surface area contributed by atoms with Gasteiger partial charge in [-0.15, -0.1) is 0 Å². The van der Waals surface area contributed by atoms with Gasteiger partial charge in [0.25, 0.3) is 0 Å². The van der Waals surface area contributed by atoms with Gasteiger partial charge in [0.15, 0.2) is 0 Å². The van der Waals surface area contributed by atoms with Crippen molar-refractivity contribution in [3.63, 3.8) is 0 Å². The van der Waals surface area contributed by atoms with E-state index in [1.807, 2.05) is 6.55 Å². The molecule has 1 unspecified atom stereocenters. The van der Waals surface area contributed by atoms with Crippen LogP contribution in [0.1, 0.15) is 39.0 Å². The van der Waals surface area contributed by atoms with Crippen molar-refractivity contribution >= 4 is 26.4 Å². The van der Waals surface area contributed by atoms with Gasteiger partial charge in [-0.3, -0.25) is 0 Å². The molecule has 0 aliphatic heterocycles. The highest BCUT2D eigenvalue weighted by atomic mass is 32.1. The normalized spacial score (nSPS) is 15.1. The van der Waals surface area contributed by atoms with Crippen molar-refractivity contribution in [1.82, 2.24) is 0 Å². The standard InChI is InChI=1S/C10H22O2SSi/c1-3-4-5-6-7-10(13)14(2)9(12)8-11/h10-13H,3-8H2,1-2H3/b14-9-. The van der Waals surface area contributed by atoms with Crippen LogP contribution in [0.4, 0.5) is 0 Å². The first kappa shape index (κ1) is 14.2. The Morgan fingerprint density at radius 1 is 1.36 bits per heavy atom. The van der Waals surface area contributed by atoms with Crippen LogP contribution in [0.3, 0.4) is 0 Å². The molecule has 0 aliphatic rings. The van der Waals surface area contributed by atoms with E-state index in [-0.39, 0.29) is 16.8 Å². The van der Waals surface area contributed by atoms with Gasteiger partial charge in [-0.2, -0.15) is 12.6 Å². The molecule has 84 valence electrons. The van der Waals surface area contributed by atoms with Crippen LogP contribution in [0, 0.1) is 0 Å². The second kappa shape index (κ2) is 8.50. The van der Waals surface area contributed by atoms with Crippen molar-refractivity contribution in [2.75, 3.05) is 6.61 Å². The van der Waals surface area contributed by atoms with Crippen LogP contribution in [-0.2, 0) is 0 Å². The van der Waals surface area contributed by atoms with Gasteiger partial charge in [0.05, 0.1) is 20.4 Å². The highest BCUT2D eigenvalue weighted by molar-refractivity contribution is 7.82. The summed E-state index contributed by atoms with van der Waals surface area (Å²) in [5.41, 5.74) is 0. The van der Waals surface area contributed by atoms with Crippen molar-refractivity contribution in [3.8, 4) is 0 Å². The van der Waals surface area contributed by atoms with Crippen molar-refractivity contribution in [1.29, 1.82) is 0 Å². The molecule has 0 aliphatic carbocycles. The molecule has 0 saturated carbocycles. The minimum Gasteiger partial charge on any atom is -0.516 e. The molecule has 0 amide bonds. The van der Waals surface area contributed by atoms with Crippen LogP contribution in [-0.4, -0.2) is 35.5 Å². The first-order valence-electron chi connectivity index (χ1n) is 5.31. The number of aliphatic hydroxyl groups excluding tert-OH is 2. The predicted octanol–water partition coefficient (Wildman–Crippen LogP) is 2.00. The highest BCUT2D eigenvalue weighted by Gasteiger charge is 2.10. The topological polar surface area (TPSA) is 40.5 Å². The van der Waals surface area contributed by atoms with E-state index in [4.69, 9.17) is 5.11 Å². The molecule has 0 aromatic heterocycles. The maximum atomic E-state index is 9.36. The van der Waals surface area contributed by atoms with Crippen LogP contribution >= 0.6 is 12.6 Å². The third-order valence-corrected chi connectivity index (χ3v) is 6.21. The van der Waals surface area contributed by atoms with Gasteiger partial charge in [0.2, 0.25) is 0 Å². The monoisotopic (exact) mass is 234 g/mol. The van der Waals surface area contributed by atoms with Crippen LogP contribution in [0.2, 0.25) is 6.55 Å². The molecule has 4 heteroatoms. The Labute approximate surface area is 94.0 Å². The maximum absolute atomic E-state index is 9.36. The van der Waals surface area contributed by atoms with Gasteiger partial charge in [-0.1, -0.05) is 39.2 Å². The fraction of sp³-hybridized carbons (Fsp3) is 0.900. The summed E-state index contributed by atoms with van der Waals surface area (Å²) >= 11 is 4.47. The third kappa shape index (κ3) is 5.83. The number of thiol groups is 1. The predicted molar refractivity (Wildman–Crippen MR) is 67.2 cm³/mol. The molecule has 0 aromatic rings. The molecular formula is C10H22O2SSi. The lowest BCUT2D eigenvalue weighted by Crippen LogP contribution is -2.25. The quantitative estimate of drug-likeness (QED) is 0.358. The van der Waals surface area contributed by atoms with Crippen LogP contribution in [0.5, 0.6) is 0 Å². The smallest absolute Gasteiger partial charge is 0.0947 e. The highest BCUT2D eigenvalue weighted by Crippen LogP contribution is 2.10. The fourth-order valence-corrected chi connectivity index (χ4v) is 3.20. The lowest BCUT2D eigenvalue weighted by molar-refractivity contribution is 0.331. The lowest BCUT2D eigenvalue weighted by Gasteiger charge is -2.11. The first-order valence-corrected chi connectivity index (χ1v) is 7.90. The van der Waals surface area contributed by atoms with Crippen LogP contribution in [0.25, 0.3) is 0 Å². The summed E-state index contributed by atoms with van der Waals surface area (Å²) in [7, 11) is -0.997. The molecule has 0 spiro atoms. The third-order valence-electron chi connectivity index (χ3n) is 2.44. The lowest BCUT2D eigenvalue weighted by atomic mass is 10.2. The minimum atomic E-state index is -0.997. The summed E-state index contributed by atoms with van der Waals surface area (Å²) in [6.07, 6.45) is 6.01. The molecule has 1 atom stereocenters. The summed E-state index contributed by atoms with van der Waals surface area (Å²) in [4.78, 5) is 0.268. The zero-order valence-corrected chi connectivity index (χ0v) is 11.1. The Kier molecular flexibility index (Phi) is 8.62. The SMILES string of the molecule is CCCCCCC(S)/[Si](C)=C(\O)CO. The van der Waals surface area contributed by atoms with E-state index >= 15 is 0 Å². The summed E-state index contributed by atoms with van der Waals surface area (Å²) in [6.45, 7) is 4.00. The number of unbranched alkanes of at least 4 members (excludes halogenated alkanes) is 3. The Morgan fingerprint density at radius 2 is 2.00 bits per heavy atom. The Bertz CT molecular complexity index is 183. The van der Waals surface area contributed by atoms with Gasteiger partial charge in [-0.25, -0.2) is 0 Å². The second-order valence-electron chi connectivity index (χ2n) is 3.65. The average molecular weight is 234 g/mol. The number of hydrogen-bond acceptors (Lipinski definition) is 3. The van der Waals surface area contributed by atoms with E-state index in [1.165, 1.54) is 25.7 Å². The average Bonchev–Trinajstić information content (AvgIpc) is 2.21. The number of hydrogen-bond donors (Lipinski definition) is 3. The number of rotatable bonds is 7. The van der Waals surface area contributed by atoms with Gasteiger partial charge in [0.1, 0.15) is 0 Å². The van der Waals surface area contributed by atoms with Crippen molar-refractivity contribution < 1.29 is 10.2 Å². The van der Waals surface area contributed by atoms with Crippen molar-refractivity contribution in [2.24, 2.45) is 0 Å². The molecule has 0 fully saturated rings. The second-order valence-corrected chi connectivity index (χ2v) is 7.40. The molecule has 0 aromatic carbocycles. The molecule has 0 heterocycles. The van der Waals surface area contributed by atoms with Gasteiger partial charge in [-0.05, 0) is 6.42 Å². The Hall–Kier alpha value is 0.197. The number of aliphatic hydroxyl groups is 2. The fourth-order valence-electron chi connectivity index (χ4n) is 1.30. The van der Waals surface area contributed by atoms with E-state index in [0.29, 0.717) is 0 Å². The zero-order chi connectivity index (χ0) is 11.0. The molecule has 0 saturated heterocycles. The molecule has 14 heavy (non-hydrogen) atoms. The summed E-state index contributed by atoms with van der Waals surface area (Å²) in [5.74, 6) is 0. The zero-order valence-electron chi connectivity index (χ0n) is 9.16.